The summed E-state index contributed by atoms with van der Waals surface area (Å²) < 4.78 is 15.1. The van der Waals surface area contributed by atoms with E-state index >= 15 is 0 Å². The van der Waals surface area contributed by atoms with E-state index in [2.05, 4.69) is 0 Å². The van der Waals surface area contributed by atoms with Crippen LogP contribution in [0.15, 0.2) is 24.3 Å². The maximum atomic E-state index is 11.0. The summed E-state index contributed by atoms with van der Waals surface area (Å²) in [5, 5.41) is 0. The van der Waals surface area contributed by atoms with Gasteiger partial charge in [0.25, 0.3) is 0 Å². The van der Waals surface area contributed by atoms with Gasteiger partial charge in [-0.15, -0.1) is 0 Å². The molecule has 1 atom stereocenters. The SMILES string of the molecule is COc1ccc(CC(COC(C)=O)OC(C)=O)cc1. The van der Waals surface area contributed by atoms with Gasteiger partial charge >= 0.3 is 11.9 Å². The monoisotopic (exact) mass is 266 g/mol. The van der Waals surface area contributed by atoms with Crippen LogP contribution < -0.4 is 4.74 Å². The third kappa shape index (κ3) is 5.90. The van der Waals surface area contributed by atoms with Crippen molar-refractivity contribution >= 4 is 11.9 Å². The number of benzene rings is 1. The van der Waals surface area contributed by atoms with Gasteiger partial charge in [-0.3, -0.25) is 9.59 Å². The minimum atomic E-state index is -0.477. The molecule has 1 unspecified atom stereocenters. The van der Waals surface area contributed by atoms with E-state index in [1.54, 1.807) is 7.11 Å². The molecule has 0 saturated carbocycles. The number of rotatable bonds is 6. The predicted octanol–water partition coefficient (Wildman–Crippen LogP) is 1.73. The van der Waals surface area contributed by atoms with Crippen LogP contribution in [0.3, 0.4) is 0 Å². The van der Waals surface area contributed by atoms with Crippen LogP contribution in [0, 0.1) is 0 Å². The van der Waals surface area contributed by atoms with E-state index in [1.165, 1.54) is 13.8 Å². The Kier molecular flexibility index (Phi) is 5.85. The molecule has 0 saturated heterocycles. The summed E-state index contributed by atoms with van der Waals surface area (Å²) in [6.45, 7) is 2.70. The molecule has 0 aliphatic rings. The van der Waals surface area contributed by atoms with Gasteiger partial charge in [-0.2, -0.15) is 0 Å². The Bertz CT molecular complexity index is 424. The second kappa shape index (κ2) is 7.41. The van der Waals surface area contributed by atoms with Crippen LogP contribution in [-0.4, -0.2) is 31.8 Å². The zero-order valence-electron chi connectivity index (χ0n) is 11.3. The van der Waals surface area contributed by atoms with E-state index in [0.29, 0.717) is 6.42 Å². The summed E-state index contributed by atoms with van der Waals surface area (Å²) in [6, 6.07) is 7.41. The number of hydrogen-bond donors (Lipinski definition) is 0. The topological polar surface area (TPSA) is 61.8 Å². The van der Waals surface area contributed by atoms with Crippen molar-refractivity contribution in [3.8, 4) is 5.75 Å². The molecular weight excluding hydrogens is 248 g/mol. The van der Waals surface area contributed by atoms with E-state index in [4.69, 9.17) is 14.2 Å². The molecule has 5 heteroatoms. The zero-order chi connectivity index (χ0) is 14.3. The highest BCUT2D eigenvalue weighted by Crippen LogP contribution is 2.14. The Morgan fingerprint density at radius 2 is 1.74 bits per heavy atom. The van der Waals surface area contributed by atoms with Crippen molar-refractivity contribution in [2.75, 3.05) is 13.7 Å². The maximum Gasteiger partial charge on any atom is 0.303 e. The molecule has 0 radical (unpaired) electrons. The lowest BCUT2D eigenvalue weighted by Gasteiger charge is -2.16. The smallest absolute Gasteiger partial charge is 0.303 e. The number of ether oxygens (including phenoxy) is 3. The summed E-state index contributed by atoms with van der Waals surface area (Å²) in [4.78, 5) is 21.8. The minimum Gasteiger partial charge on any atom is -0.497 e. The second-order valence-electron chi connectivity index (χ2n) is 4.09. The number of carbonyl (C=O) groups excluding carboxylic acids is 2. The molecule has 0 N–H and O–H groups in total. The molecule has 19 heavy (non-hydrogen) atoms. The Labute approximate surface area is 112 Å². The van der Waals surface area contributed by atoms with Crippen molar-refractivity contribution in [1.82, 2.24) is 0 Å². The number of carbonyl (C=O) groups is 2. The molecule has 1 aromatic rings. The van der Waals surface area contributed by atoms with Crippen molar-refractivity contribution in [2.45, 2.75) is 26.4 Å². The molecule has 1 rings (SSSR count). The molecule has 0 spiro atoms. The average molecular weight is 266 g/mol. The Balaban J connectivity index is 2.63. The molecule has 0 amide bonds. The minimum absolute atomic E-state index is 0.0565. The van der Waals surface area contributed by atoms with Crippen molar-refractivity contribution in [1.29, 1.82) is 0 Å². The molecule has 0 fully saturated rings. The fraction of sp³-hybridized carbons (Fsp3) is 0.429. The van der Waals surface area contributed by atoms with Gasteiger partial charge in [0.2, 0.25) is 0 Å². The third-order valence-corrected chi connectivity index (χ3v) is 2.43. The van der Waals surface area contributed by atoms with E-state index in [0.717, 1.165) is 11.3 Å². The highest BCUT2D eigenvalue weighted by Gasteiger charge is 2.14. The van der Waals surface area contributed by atoms with Gasteiger partial charge < -0.3 is 14.2 Å². The average Bonchev–Trinajstić information content (AvgIpc) is 2.36. The summed E-state index contributed by atoms with van der Waals surface area (Å²) in [5.74, 6) is -0.0367. The summed E-state index contributed by atoms with van der Waals surface area (Å²) in [7, 11) is 1.59. The molecule has 0 bridgehead atoms. The lowest BCUT2D eigenvalue weighted by Crippen LogP contribution is -2.25. The quantitative estimate of drug-likeness (QED) is 0.734. The molecule has 0 aliphatic heterocycles. The first-order valence-electron chi connectivity index (χ1n) is 5.94. The van der Waals surface area contributed by atoms with Gasteiger partial charge in [-0.25, -0.2) is 0 Å². The van der Waals surface area contributed by atoms with Crippen LogP contribution in [0.4, 0.5) is 0 Å². The Hall–Kier alpha value is -2.04. The first-order chi connectivity index (χ1) is 9.01. The van der Waals surface area contributed by atoms with E-state index in [-0.39, 0.29) is 6.61 Å². The molecule has 0 heterocycles. The van der Waals surface area contributed by atoms with E-state index < -0.39 is 18.0 Å². The van der Waals surface area contributed by atoms with Gasteiger partial charge in [0.05, 0.1) is 7.11 Å². The molecule has 0 aromatic heterocycles. The summed E-state index contributed by atoms with van der Waals surface area (Å²) in [6.07, 6.45) is 0.00595. The van der Waals surface area contributed by atoms with Crippen LogP contribution in [0.1, 0.15) is 19.4 Å². The van der Waals surface area contributed by atoms with E-state index in [9.17, 15) is 9.59 Å². The molecule has 1 aromatic carbocycles. The van der Waals surface area contributed by atoms with Crippen LogP contribution in [-0.2, 0) is 25.5 Å². The highest BCUT2D eigenvalue weighted by molar-refractivity contribution is 5.67. The zero-order valence-corrected chi connectivity index (χ0v) is 11.3. The van der Waals surface area contributed by atoms with Crippen molar-refractivity contribution in [2.24, 2.45) is 0 Å². The van der Waals surface area contributed by atoms with Crippen LogP contribution in [0.25, 0.3) is 0 Å². The largest absolute Gasteiger partial charge is 0.497 e. The third-order valence-electron chi connectivity index (χ3n) is 2.43. The number of hydrogen-bond acceptors (Lipinski definition) is 5. The van der Waals surface area contributed by atoms with Gasteiger partial charge in [-0.05, 0) is 17.7 Å². The fourth-order valence-corrected chi connectivity index (χ4v) is 1.60. The van der Waals surface area contributed by atoms with E-state index in [1.807, 2.05) is 24.3 Å². The molecular formula is C14H18O5. The van der Waals surface area contributed by atoms with Crippen molar-refractivity contribution in [3.63, 3.8) is 0 Å². The van der Waals surface area contributed by atoms with Gasteiger partial charge in [0.15, 0.2) is 0 Å². The standard InChI is InChI=1S/C14H18O5/c1-10(15)18-9-14(19-11(2)16)8-12-4-6-13(17-3)7-5-12/h4-7,14H,8-9H2,1-3H3. The van der Waals surface area contributed by atoms with Crippen molar-refractivity contribution in [3.05, 3.63) is 29.8 Å². The molecule has 0 aliphatic carbocycles. The summed E-state index contributed by atoms with van der Waals surface area (Å²) >= 11 is 0. The lowest BCUT2D eigenvalue weighted by atomic mass is 10.1. The number of methoxy groups -OCH3 is 1. The lowest BCUT2D eigenvalue weighted by molar-refractivity contribution is -0.156. The Morgan fingerprint density at radius 3 is 2.21 bits per heavy atom. The second-order valence-corrected chi connectivity index (χ2v) is 4.09. The van der Waals surface area contributed by atoms with Gasteiger partial charge in [-0.1, -0.05) is 12.1 Å². The fourth-order valence-electron chi connectivity index (χ4n) is 1.60. The Morgan fingerprint density at radius 1 is 1.11 bits per heavy atom. The first kappa shape index (κ1) is 15.0. The van der Waals surface area contributed by atoms with Gasteiger partial charge in [0, 0.05) is 20.3 Å². The van der Waals surface area contributed by atoms with Crippen LogP contribution in [0.2, 0.25) is 0 Å². The van der Waals surface area contributed by atoms with Crippen LogP contribution >= 0.6 is 0 Å². The first-order valence-corrected chi connectivity index (χ1v) is 5.94. The predicted molar refractivity (Wildman–Crippen MR) is 68.9 cm³/mol. The van der Waals surface area contributed by atoms with Gasteiger partial charge in [0.1, 0.15) is 18.5 Å². The number of esters is 2. The molecule has 5 nitrogen and oxygen atoms in total. The normalized spacial score (nSPS) is 11.5. The maximum absolute atomic E-state index is 11.0. The summed E-state index contributed by atoms with van der Waals surface area (Å²) in [5.41, 5.74) is 0.971. The van der Waals surface area contributed by atoms with Crippen molar-refractivity contribution < 1.29 is 23.8 Å². The van der Waals surface area contributed by atoms with Crippen LogP contribution in [0.5, 0.6) is 5.75 Å². The highest BCUT2D eigenvalue weighted by atomic mass is 16.6. The molecule has 104 valence electrons.